The van der Waals surface area contributed by atoms with Crippen molar-refractivity contribution in [3.63, 3.8) is 0 Å². The molecular formula is C16H14Cl3N5O4S2. The first-order valence-electron chi connectivity index (χ1n) is 8.51. The number of hydrogen-bond acceptors (Lipinski definition) is 10. The van der Waals surface area contributed by atoms with Crippen molar-refractivity contribution < 1.29 is 20.1 Å². The second-order valence-corrected chi connectivity index (χ2v) is 9.54. The number of nitrogens with zero attached hydrogens (tertiary/aromatic N) is 5. The van der Waals surface area contributed by atoms with Gasteiger partial charge in [0.2, 0.25) is 0 Å². The van der Waals surface area contributed by atoms with Crippen LogP contribution >= 0.6 is 57.9 Å². The lowest BCUT2D eigenvalue weighted by Crippen LogP contribution is -2.55. The molecule has 0 spiro atoms. The topological polar surface area (TPSA) is 126 Å². The number of ether oxygens (including phenoxy) is 1. The van der Waals surface area contributed by atoms with Crippen molar-refractivity contribution >= 4 is 57.9 Å². The molecule has 1 aromatic carbocycles. The molecule has 0 radical (unpaired) electrons. The van der Waals surface area contributed by atoms with Gasteiger partial charge >= 0.3 is 0 Å². The summed E-state index contributed by atoms with van der Waals surface area (Å²) in [5, 5.41) is 48.4. The lowest BCUT2D eigenvalue weighted by Gasteiger charge is -2.41. The van der Waals surface area contributed by atoms with Crippen LogP contribution in [0.5, 0.6) is 0 Å². The van der Waals surface area contributed by atoms with Gasteiger partial charge < -0.3 is 20.1 Å². The third-order valence-electron chi connectivity index (χ3n) is 4.45. The first-order valence-corrected chi connectivity index (χ1v) is 11.4. The summed E-state index contributed by atoms with van der Waals surface area (Å²) < 4.78 is 7.06. The molecule has 30 heavy (non-hydrogen) atoms. The van der Waals surface area contributed by atoms with Crippen LogP contribution in [0.25, 0.3) is 10.7 Å². The molecule has 3 N–H and O–H groups in total. The van der Waals surface area contributed by atoms with E-state index in [1.807, 2.05) is 0 Å². The molecule has 0 amide bonds. The Hall–Kier alpha value is -1.02. The van der Waals surface area contributed by atoms with Crippen molar-refractivity contribution in [1.29, 1.82) is 0 Å². The molecule has 3 aromatic rings. The highest BCUT2D eigenvalue weighted by Crippen LogP contribution is 2.41. The molecule has 3 heterocycles. The van der Waals surface area contributed by atoms with Crippen LogP contribution in [-0.2, 0) is 4.74 Å². The Balaban J connectivity index is 1.62. The highest BCUT2D eigenvalue weighted by Gasteiger charge is 2.46. The molecule has 4 rings (SSSR count). The molecule has 2 unspecified atom stereocenters. The van der Waals surface area contributed by atoms with Gasteiger partial charge in [-0.15, -0.1) is 15.3 Å². The minimum atomic E-state index is -1.23. The smallest absolute Gasteiger partial charge is 0.169 e. The highest BCUT2D eigenvalue weighted by molar-refractivity contribution is 7.99. The molecule has 0 aliphatic carbocycles. The van der Waals surface area contributed by atoms with Crippen molar-refractivity contribution in [2.24, 2.45) is 0 Å². The van der Waals surface area contributed by atoms with E-state index in [2.05, 4.69) is 20.5 Å². The molecule has 9 nitrogen and oxygen atoms in total. The summed E-state index contributed by atoms with van der Waals surface area (Å²) in [6.07, 6.45) is -1.84. The summed E-state index contributed by atoms with van der Waals surface area (Å²) in [6, 6.07) is 2.25. The Labute approximate surface area is 193 Å². The van der Waals surface area contributed by atoms with Crippen molar-refractivity contribution in [2.45, 2.75) is 34.7 Å². The van der Waals surface area contributed by atoms with Gasteiger partial charge in [0.1, 0.15) is 41.0 Å². The summed E-state index contributed by atoms with van der Waals surface area (Å²) in [4.78, 5) is 0.596. The molecule has 1 fully saturated rings. The predicted molar refractivity (Wildman–Crippen MR) is 113 cm³/mol. The van der Waals surface area contributed by atoms with Gasteiger partial charge in [0.15, 0.2) is 5.01 Å². The molecule has 1 aliphatic heterocycles. The van der Waals surface area contributed by atoms with E-state index >= 15 is 0 Å². The van der Waals surface area contributed by atoms with Crippen molar-refractivity contribution in [2.75, 3.05) is 6.61 Å². The minimum absolute atomic E-state index is 0.223. The Morgan fingerprint density at radius 1 is 1.13 bits per heavy atom. The summed E-state index contributed by atoms with van der Waals surface area (Å²) in [7, 11) is 0. The monoisotopic (exact) mass is 509 g/mol. The lowest BCUT2D eigenvalue weighted by molar-refractivity contribution is -0.178. The number of hydrogen-bond donors (Lipinski definition) is 3. The molecule has 0 saturated carbocycles. The lowest BCUT2D eigenvalue weighted by atomic mass is 9.97. The van der Waals surface area contributed by atoms with Crippen LogP contribution in [0.2, 0.25) is 15.1 Å². The Bertz CT molecular complexity index is 1000. The highest BCUT2D eigenvalue weighted by atomic mass is 35.5. The van der Waals surface area contributed by atoms with Crippen LogP contribution in [-0.4, -0.2) is 70.9 Å². The average Bonchev–Trinajstić information content (AvgIpc) is 3.40. The number of thioether (sulfide) groups is 1. The summed E-state index contributed by atoms with van der Waals surface area (Å²) >= 11 is 20.6. The summed E-state index contributed by atoms with van der Waals surface area (Å²) in [5.41, 5.74) is 1.14. The minimum Gasteiger partial charge on any atom is -0.394 e. The molecule has 5 atom stereocenters. The van der Waals surface area contributed by atoms with E-state index in [-0.39, 0.29) is 15.1 Å². The third kappa shape index (κ3) is 4.31. The predicted octanol–water partition coefficient (Wildman–Crippen LogP) is 2.53. The number of halogens is 3. The molecule has 2 aromatic heterocycles. The number of benzene rings is 1. The summed E-state index contributed by atoms with van der Waals surface area (Å²) in [5.74, 6) is 0. The summed E-state index contributed by atoms with van der Waals surface area (Å²) in [6.45, 7) is -0.457. The van der Waals surface area contributed by atoms with Crippen LogP contribution in [0.15, 0.2) is 28.7 Å². The van der Waals surface area contributed by atoms with Crippen LogP contribution in [0.3, 0.4) is 0 Å². The zero-order valence-corrected chi connectivity index (χ0v) is 18.7. The maximum atomic E-state index is 11.0. The van der Waals surface area contributed by atoms with Gasteiger partial charge in [-0.25, -0.2) is 4.68 Å². The first kappa shape index (κ1) is 22.2. The molecule has 160 valence electrons. The van der Waals surface area contributed by atoms with E-state index in [1.165, 1.54) is 16.0 Å². The van der Waals surface area contributed by atoms with E-state index in [4.69, 9.17) is 39.5 Å². The number of rotatable bonds is 5. The normalized spacial score (nSPS) is 26.8. The van der Waals surface area contributed by atoms with E-state index in [9.17, 15) is 15.3 Å². The molecular weight excluding hydrogens is 497 g/mol. The fourth-order valence-electron chi connectivity index (χ4n) is 3.02. The van der Waals surface area contributed by atoms with Gasteiger partial charge in [-0.3, -0.25) is 0 Å². The second-order valence-electron chi connectivity index (χ2n) is 6.34. The average molecular weight is 511 g/mol. The standard InChI is InChI=1S/C16H14Cl3N5O4S2/c17-7-1-6(2-8(18)11(7)19)30-16-14(27)12(13(26)10(4-25)28-16)24-3-9(21-23-24)15-22-20-5-29-15/h1-3,5,10,12-14,16,25-27H,4H2/t10?,12?,13-,14+,16+/m0/s1. The van der Waals surface area contributed by atoms with Crippen LogP contribution in [0, 0.1) is 0 Å². The largest absolute Gasteiger partial charge is 0.394 e. The Kier molecular flexibility index (Phi) is 6.82. The van der Waals surface area contributed by atoms with Crippen molar-refractivity contribution in [1.82, 2.24) is 25.2 Å². The van der Waals surface area contributed by atoms with Gasteiger partial charge in [0, 0.05) is 4.90 Å². The van der Waals surface area contributed by atoms with E-state index < -0.39 is 36.4 Å². The quantitative estimate of drug-likeness (QED) is 0.444. The Morgan fingerprint density at radius 2 is 1.87 bits per heavy atom. The molecule has 0 bridgehead atoms. The van der Waals surface area contributed by atoms with Crippen LogP contribution < -0.4 is 0 Å². The third-order valence-corrected chi connectivity index (χ3v) is 7.49. The first-order chi connectivity index (χ1) is 14.4. The van der Waals surface area contributed by atoms with Crippen LogP contribution in [0.1, 0.15) is 6.04 Å². The maximum Gasteiger partial charge on any atom is 0.169 e. The SMILES string of the molecule is OCC1O[C@H](Sc2cc(Cl)c(Cl)c(Cl)c2)[C@H](O)C(n2cc(-c3nncs3)nn2)[C@H]1O. The van der Waals surface area contributed by atoms with E-state index in [1.54, 1.807) is 23.8 Å². The van der Waals surface area contributed by atoms with Crippen LogP contribution in [0.4, 0.5) is 0 Å². The van der Waals surface area contributed by atoms with Gasteiger partial charge in [-0.05, 0) is 12.1 Å². The van der Waals surface area contributed by atoms with E-state index in [0.717, 1.165) is 11.8 Å². The fourth-order valence-corrected chi connectivity index (χ4v) is 5.38. The van der Waals surface area contributed by atoms with E-state index in [0.29, 0.717) is 15.6 Å². The molecule has 1 aliphatic rings. The van der Waals surface area contributed by atoms with Gasteiger partial charge in [-0.2, -0.15) is 0 Å². The van der Waals surface area contributed by atoms with Gasteiger partial charge in [-0.1, -0.05) is 63.1 Å². The molecule has 14 heteroatoms. The second kappa shape index (κ2) is 9.23. The molecule has 1 saturated heterocycles. The zero-order valence-electron chi connectivity index (χ0n) is 14.8. The zero-order chi connectivity index (χ0) is 21.4. The number of aliphatic hydroxyl groups is 3. The Morgan fingerprint density at radius 3 is 2.50 bits per heavy atom. The fraction of sp³-hybridized carbons (Fsp3) is 0.375. The van der Waals surface area contributed by atoms with Crippen molar-refractivity contribution in [3.05, 3.63) is 38.9 Å². The number of aliphatic hydroxyl groups excluding tert-OH is 3. The maximum absolute atomic E-state index is 11.0. The van der Waals surface area contributed by atoms with Gasteiger partial charge in [0.25, 0.3) is 0 Å². The van der Waals surface area contributed by atoms with Gasteiger partial charge in [0.05, 0.1) is 27.9 Å². The van der Waals surface area contributed by atoms with Crippen molar-refractivity contribution in [3.8, 4) is 10.7 Å². The number of aromatic nitrogens is 5.